The molecule has 5 heteroatoms. The molecule has 0 aliphatic carbocycles. The number of nitrogens with zero attached hydrogens (tertiary/aromatic N) is 2. The molecule has 0 aromatic carbocycles. The maximum atomic E-state index is 5.83. The maximum absolute atomic E-state index is 5.83. The number of aromatic nitrogens is 2. The minimum absolute atomic E-state index is 0.239. The fourth-order valence-corrected chi connectivity index (χ4v) is 2.60. The Labute approximate surface area is 78.3 Å². The molecule has 0 spiro atoms. The summed E-state index contributed by atoms with van der Waals surface area (Å²) in [6, 6.07) is 0. The van der Waals surface area contributed by atoms with Crippen LogP contribution in [0.15, 0.2) is 5.03 Å². The summed E-state index contributed by atoms with van der Waals surface area (Å²) in [6.45, 7) is 0. The Bertz CT molecular complexity index is 303. The van der Waals surface area contributed by atoms with E-state index in [0.717, 1.165) is 22.8 Å². The molecule has 0 atom stereocenters. The average Bonchev–Trinajstić information content (AvgIpc) is 2.34. The van der Waals surface area contributed by atoms with Crippen LogP contribution in [0.4, 0.5) is 0 Å². The van der Waals surface area contributed by atoms with Gasteiger partial charge in [0.2, 0.25) is 5.28 Å². The van der Waals surface area contributed by atoms with Gasteiger partial charge in [0.25, 0.3) is 0 Å². The zero-order valence-electron chi connectivity index (χ0n) is 5.47. The summed E-state index contributed by atoms with van der Waals surface area (Å²) >= 11 is 13.1. The third kappa shape index (κ3) is 1.33. The van der Waals surface area contributed by atoms with Crippen molar-refractivity contribution in [3.05, 3.63) is 16.0 Å². The highest BCUT2D eigenvalue weighted by Crippen LogP contribution is 2.33. The lowest BCUT2D eigenvalue weighted by Gasteiger charge is -1.98. The zero-order chi connectivity index (χ0) is 7.84. The lowest BCUT2D eigenvalue weighted by atomic mass is 10.3. The summed E-state index contributed by atoms with van der Waals surface area (Å²) in [7, 11) is 0. The lowest BCUT2D eigenvalue weighted by Crippen LogP contribution is -1.90. The molecule has 11 heavy (non-hydrogen) atoms. The molecule has 0 amide bonds. The Morgan fingerprint density at radius 3 is 2.91 bits per heavy atom. The van der Waals surface area contributed by atoms with Crippen LogP contribution in [0.25, 0.3) is 0 Å². The van der Waals surface area contributed by atoms with Crippen molar-refractivity contribution >= 4 is 35.0 Å². The molecule has 58 valence electrons. The molecular weight excluding hydrogens is 203 g/mol. The van der Waals surface area contributed by atoms with Gasteiger partial charge in [-0.3, -0.25) is 0 Å². The molecule has 1 aliphatic heterocycles. The fraction of sp³-hybridized carbons (Fsp3) is 0.333. The van der Waals surface area contributed by atoms with Crippen LogP contribution < -0.4 is 0 Å². The summed E-state index contributed by atoms with van der Waals surface area (Å²) in [4.78, 5) is 7.90. The fourth-order valence-electron chi connectivity index (χ4n) is 0.992. The van der Waals surface area contributed by atoms with Crippen molar-refractivity contribution in [3.8, 4) is 0 Å². The van der Waals surface area contributed by atoms with Gasteiger partial charge in [-0.25, -0.2) is 9.97 Å². The van der Waals surface area contributed by atoms with Gasteiger partial charge in [0.1, 0.15) is 10.2 Å². The van der Waals surface area contributed by atoms with Gasteiger partial charge < -0.3 is 0 Å². The van der Waals surface area contributed by atoms with Crippen molar-refractivity contribution < 1.29 is 0 Å². The molecule has 0 saturated carbocycles. The quantitative estimate of drug-likeness (QED) is 0.482. The average molecular weight is 207 g/mol. The number of thioether (sulfide) groups is 1. The van der Waals surface area contributed by atoms with E-state index in [9.17, 15) is 0 Å². The molecule has 1 aliphatic rings. The number of halogens is 2. The Balaban J connectivity index is 2.60. The van der Waals surface area contributed by atoms with Crippen LogP contribution in [0, 0.1) is 0 Å². The van der Waals surface area contributed by atoms with Crippen molar-refractivity contribution in [1.29, 1.82) is 0 Å². The number of hydrogen-bond donors (Lipinski definition) is 0. The largest absolute Gasteiger partial charge is 0.224 e. The van der Waals surface area contributed by atoms with Gasteiger partial charge >= 0.3 is 0 Å². The van der Waals surface area contributed by atoms with Crippen LogP contribution >= 0.6 is 35.0 Å². The highest BCUT2D eigenvalue weighted by atomic mass is 35.5. The van der Waals surface area contributed by atoms with Crippen LogP contribution in [-0.2, 0) is 6.42 Å². The van der Waals surface area contributed by atoms with Crippen molar-refractivity contribution in [3.63, 3.8) is 0 Å². The summed E-state index contributed by atoms with van der Waals surface area (Å²) < 4.78 is 0. The van der Waals surface area contributed by atoms with Crippen molar-refractivity contribution in [2.75, 3.05) is 5.75 Å². The predicted molar refractivity (Wildman–Crippen MR) is 46.5 cm³/mol. The first-order valence-electron chi connectivity index (χ1n) is 3.12. The zero-order valence-corrected chi connectivity index (χ0v) is 7.80. The third-order valence-electron chi connectivity index (χ3n) is 1.48. The van der Waals surface area contributed by atoms with Gasteiger partial charge in [-0.2, -0.15) is 0 Å². The Kier molecular flexibility index (Phi) is 1.95. The molecule has 2 heterocycles. The van der Waals surface area contributed by atoms with Crippen LogP contribution in [-0.4, -0.2) is 15.7 Å². The Morgan fingerprint density at radius 2 is 2.09 bits per heavy atom. The van der Waals surface area contributed by atoms with E-state index in [4.69, 9.17) is 23.2 Å². The maximum Gasteiger partial charge on any atom is 0.224 e. The van der Waals surface area contributed by atoms with Gasteiger partial charge in [-0.1, -0.05) is 11.6 Å². The van der Waals surface area contributed by atoms with Gasteiger partial charge in [0.15, 0.2) is 0 Å². The highest BCUT2D eigenvalue weighted by molar-refractivity contribution is 7.99. The second kappa shape index (κ2) is 2.81. The lowest BCUT2D eigenvalue weighted by molar-refractivity contribution is 0.984. The molecule has 0 unspecified atom stereocenters. The SMILES string of the molecule is Clc1nc(Cl)c2c(n1)SCC2. The monoisotopic (exact) mass is 206 g/mol. The van der Waals surface area contributed by atoms with Crippen molar-refractivity contribution in [2.45, 2.75) is 11.4 Å². The summed E-state index contributed by atoms with van der Waals surface area (Å²) in [6.07, 6.45) is 0.954. The van der Waals surface area contributed by atoms with E-state index in [-0.39, 0.29) is 5.28 Å². The van der Waals surface area contributed by atoms with Crippen LogP contribution in [0.2, 0.25) is 10.4 Å². The molecule has 2 nitrogen and oxygen atoms in total. The molecule has 1 aromatic heterocycles. The van der Waals surface area contributed by atoms with Gasteiger partial charge in [0, 0.05) is 11.3 Å². The van der Waals surface area contributed by atoms with Gasteiger partial charge in [0.05, 0.1) is 0 Å². The van der Waals surface area contributed by atoms with E-state index in [1.54, 1.807) is 11.8 Å². The summed E-state index contributed by atoms with van der Waals surface area (Å²) in [5.41, 5.74) is 1.04. The highest BCUT2D eigenvalue weighted by Gasteiger charge is 2.17. The van der Waals surface area contributed by atoms with Crippen molar-refractivity contribution in [1.82, 2.24) is 9.97 Å². The van der Waals surface area contributed by atoms with Crippen LogP contribution in [0.3, 0.4) is 0 Å². The second-order valence-corrected chi connectivity index (χ2v) is 3.95. The van der Waals surface area contributed by atoms with Crippen LogP contribution in [0.5, 0.6) is 0 Å². The van der Waals surface area contributed by atoms with E-state index >= 15 is 0 Å². The van der Waals surface area contributed by atoms with E-state index in [1.807, 2.05) is 0 Å². The summed E-state index contributed by atoms with van der Waals surface area (Å²) in [5, 5.41) is 1.68. The first-order chi connectivity index (χ1) is 5.27. The topological polar surface area (TPSA) is 25.8 Å². The number of rotatable bonds is 0. The van der Waals surface area contributed by atoms with Gasteiger partial charge in [-0.15, -0.1) is 11.8 Å². The van der Waals surface area contributed by atoms with E-state index in [0.29, 0.717) is 5.15 Å². The molecular formula is C6H4Cl2N2S. The van der Waals surface area contributed by atoms with Crippen LogP contribution in [0.1, 0.15) is 5.56 Å². The Hall–Kier alpha value is 0.01000. The molecule has 0 radical (unpaired) electrons. The number of hydrogen-bond acceptors (Lipinski definition) is 3. The second-order valence-electron chi connectivity index (χ2n) is 2.17. The Morgan fingerprint density at radius 1 is 1.27 bits per heavy atom. The first-order valence-corrected chi connectivity index (χ1v) is 4.86. The molecule has 0 saturated heterocycles. The first kappa shape index (κ1) is 7.65. The molecule has 1 aromatic rings. The minimum atomic E-state index is 0.239. The van der Waals surface area contributed by atoms with E-state index in [2.05, 4.69) is 9.97 Å². The normalized spacial score (nSPS) is 15.1. The predicted octanol–water partition coefficient (Wildman–Crippen LogP) is 2.43. The van der Waals surface area contributed by atoms with Crippen molar-refractivity contribution in [2.24, 2.45) is 0 Å². The standard InChI is InChI=1S/C6H4Cl2N2S/c7-4-3-1-2-11-5(3)10-6(8)9-4/h1-2H2. The third-order valence-corrected chi connectivity index (χ3v) is 2.98. The number of fused-ring (bicyclic) bond motifs is 1. The molecule has 2 rings (SSSR count). The smallest absolute Gasteiger partial charge is 0.211 e. The molecule has 0 N–H and O–H groups in total. The minimum Gasteiger partial charge on any atom is -0.211 e. The molecule has 0 fully saturated rings. The summed E-state index contributed by atoms with van der Waals surface area (Å²) in [5.74, 6) is 1.03. The van der Waals surface area contributed by atoms with Gasteiger partial charge in [-0.05, 0) is 18.0 Å². The van der Waals surface area contributed by atoms with E-state index < -0.39 is 0 Å². The van der Waals surface area contributed by atoms with E-state index in [1.165, 1.54) is 0 Å². The molecule has 0 bridgehead atoms.